The first-order valence-corrected chi connectivity index (χ1v) is 27.8. The van der Waals surface area contributed by atoms with Gasteiger partial charge in [0.25, 0.3) is 7.82 Å². The summed E-state index contributed by atoms with van der Waals surface area (Å²) in [6.45, 7) is 4.77. The van der Waals surface area contributed by atoms with Crippen LogP contribution in [0.15, 0.2) is 0 Å². The normalized spacial score (nSPS) is 14.1. The monoisotopic (exact) mass is 873 g/mol. The Labute approximate surface area is 374 Å². The Kier molecular flexibility index (Phi) is 43.4. The van der Waals surface area contributed by atoms with E-state index in [1.54, 1.807) is 0 Å². The summed E-state index contributed by atoms with van der Waals surface area (Å²) in [5, 5.41) is 14.0. The van der Waals surface area contributed by atoms with Crippen LogP contribution in [0.4, 0.5) is 0 Å². The third kappa shape index (κ3) is 45.5. The van der Waals surface area contributed by atoms with Gasteiger partial charge >= 0.3 is 0 Å². The molecule has 0 fully saturated rings. The zero-order chi connectivity index (χ0) is 44.3. The van der Waals surface area contributed by atoms with Gasteiger partial charge in [-0.25, -0.2) is 0 Å². The van der Waals surface area contributed by atoms with Gasteiger partial charge in [-0.1, -0.05) is 251 Å². The van der Waals surface area contributed by atoms with Crippen molar-refractivity contribution in [1.82, 2.24) is 5.32 Å². The number of quaternary nitrogens is 1. The molecular weight excluding hydrogens is 768 g/mol. The number of phosphoric ester groups is 1. The van der Waals surface area contributed by atoms with Crippen LogP contribution in [0.2, 0.25) is 0 Å². The van der Waals surface area contributed by atoms with Crippen molar-refractivity contribution < 1.29 is 32.9 Å². The van der Waals surface area contributed by atoms with Crippen molar-refractivity contribution in [1.29, 1.82) is 0 Å². The van der Waals surface area contributed by atoms with Crippen LogP contribution in [0.1, 0.15) is 271 Å². The summed E-state index contributed by atoms with van der Waals surface area (Å²) in [6.07, 6.45) is 49.7. The van der Waals surface area contributed by atoms with E-state index in [9.17, 15) is 19.4 Å². The molecule has 0 aliphatic rings. The smallest absolute Gasteiger partial charge is 0.268 e. The summed E-state index contributed by atoms with van der Waals surface area (Å²) in [6, 6.07) is -0.794. The van der Waals surface area contributed by atoms with E-state index in [1.165, 1.54) is 205 Å². The highest BCUT2D eigenvalue weighted by Gasteiger charge is 2.24. The highest BCUT2D eigenvalue weighted by Crippen LogP contribution is 2.38. The first kappa shape index (κ1) is 59.5. The molecule has 2 N–H and O–H groups in total. The molecule has 8 nitrogen and oxygen atoms in total. The average molecular weight is 873 g/mol. The quantitative estimate of drug-likeness (QED) is 0.0358. The number of aliphatic hydroxyl groups is 1. The lowest BCUT2D eigenvalue weighted by atomic mass is 10.0. The lowest BCUT2D eigenvalue weighted by Gasteiger charge is -2.30. The molecule has 0 aromatic heterocycles. The van der Waals surface area contributed by atoms with Crippen LogP contribution < -0.4 is 10.2 Å². The molecule has 0 rings (SSSR count). The van der Waals surface area contributed by atoms with E-state index >= 15 is 0 Å². The Morgan fingerprint density at radius 1 is 0.517 bits per heavy atom. The van der Waals surface area contributed by atoms with E-state index in [-0.39, 0.29) is 19.1 Å². The molecule has 0 saturated heterocycles. The maximum Gasteiger partial charge on any atom is 0.268 e. The van der Waals surface area contributed by atoms with E-state index in [4.69, 9.17) is 9.05 Å². The number of hydrogen-bond donors (Lipinski definition) is 2. The van der Waals surface area contributed by atoms with Crippen LogP contribution in [-0.2, 0) is 18.4 Å². The SMILES string of the molecule is CCCCCCCCCCCCCCCCCCCCCCC(O)C(COP(=O)([O-])OCC[N+](C)(C)C)NC(=O)CCCCCCCCCCCCCCCCCCCC. The lowest BCUT2D eigenvalue weighted by molar-refractivity contribution is -0.870. The van der Waals surface area contributed by atoms with Gasteiger partial charge in [-0.2, -0.15) is 0 Å². The predicted octanol–water partition coefficient (Wildman–Crippen LogP) is 14.7. The summed E-state index contributed by atoms with van der Waals surface area (Å²) >= 11 is 0. The summed E-state index contributed by atoms with van der Waals surface area (Å²) in [5.41, 5.74) is 0. The number of likely N-dealkylation sites (N-methyl/N-ethyl adjacent to an activating group) is 1. The number of carbonyl (C=O) groups excluding carboxylic acids is 1. The van der Waals surface area contributed by atoms with Crippen LogP contribution in [0.25, 0.3) is 0 Å². The van der Waals surface area contributed by atoms with Gasteiger partial charge in [0, 0.05) is 6.42 Å². The number of amides is 1. The Morgan fingerprint density at radius 2 is 0.817 bits per heavy atom. The van der Waals surface area contributed by atoms with Crippen LogP contribution in [0, 0.1) is 0 Å². The molecule has 3 unspecified atom stereocenters. The summed E-state index contributed by atoms with van der Waals surface area (Å²) in [7, 11) is 1.32. The van der Waals surface area contributed by atoms with E-state index in [1.807, 2.05) is 21.1 Å². The number of rotatable bonds is 49. The van der Waals surface area contributed by atoms with E-state index in [0.717, 1.165) is 38.5 Å². The molecule has 9 heteroatoms. The van der Waals surface area contributed by atoms with E-state index in [0.29, 0.717) is 23.9 Å². The minimum Gasteiger partial charge on any atom is -0.756 e. The second kappa shape index (κ2) is 43.7. The highest BCUT2D eigenvalue weighted by molar-refractivity contribution is 7.45. The number of aliphatic hydroxyl groups excluding tert-OH is 1. The molecule has 0 aliphatic carbocycles. The van der Waals surface area contributed by atoms with Crippen LogP contribution in [0.5, 0.6) is 0 Å². The zero-order valence-corrected chi connectivity index (χ0v) is 41.8. The molecule has 0 aromatic rings. The van der Waals surface area contributed by atoms with Gasteiger partial charge in [-0.15, -0.1) is 0 Å². The Morgan fingerprint density at radius 3 is 1.13 bits per heavy atom. The van der Waals surface area contributed by atoms with E-state index < -0.39 is 20.0 Å². The van der Waals surface area contributed by atoms with Gasteiger partial charge in [0.1, 0.15) is 13.2 Å². The second-order valence-electron chi connectivity index (χ2n) is 19.6. The van der Waals surface area contributed by atoms with Crippen molar-refractivity contribution in [2.45, 2.75) is 283 Å². The van der Waals surface area contributed by atoms with Crippen molar-refractivity contribution in [2.24, 2.45) is 0 Å². The average Bonchev–Trinajstić information content (AvgIpc) is 3.20. The molecule has 60 heavy (non-hydrogen) atoms. The van der Waals surface area contributed by atoms with Crippen molar-refractivity contribution in [2.75, 3.05) is 40.9 Å². The summed E-state index contributed by atoms with van der Waals surface area (Å²) in [5.74, 6) is -0.158. The number of nitrogens with one attached hydrogen (secondary N) is 1. The molecule has 0 aromatic carbocycles. The van der Waals surface area contributed by atoms with Crippen molar-refractivity contribution >= 4 is 13.7 Å². The van der Waals surface area contributed by atoms with Crippen LogP contribution in [-0.4, -0.2) is 68.5 Å². The maximum atomic E-state index is 12.9. The van der Waals surface area contributed by atoms with Gasteiger partial charge in [0.2, 0.25) is 5.91 Å². The molecule has 0 aliphatic heterocycles. The minimum absolute atomic E-state index is 0.0165. The van der Waals surface area contributed by atoms with Crippen LogP contribution >= 0.6 is 7.82 Å². The Hall–Kier alpha value is -0.500. The molecule has 3 atom stereocenters. The number of unbranched alkanes of at least 4 members (excludes halogenated alkanes) is 36. The molecule has 0 saturated carbocycles. The predicted molar refractivity (Wildman–Crippen MR) is 256 cm³/mol. The fourth-order valence-electron chi connectivity index (χ4n) is 8.16. The summed E-state index contributed by atoms with van der Waals surface area (Å²) in [4.78, 5) is 25.4. The standard InChI is InChI=1S/C51H105N2O6P/c1-6-8-10-12-14-16-18-20-22-24-26-27-28-30-32-34-36-38-40-42-44-50(54)49(48-59-60(56,57)58-47-46-53(3,4)5)52-51(55)45-43-41-39-37-35-33-31-29-25-23-21-19-17-15-13-11-9-7-2/h49-50,54H,6-48H2,1-5H3,(H-,52,55,56,57). The topological polar surface area (TPSA) is 108 Å². The largest absolute Gasteiger partial charge is 0.756 e. The Bertz CT molecular complexity index is 947. The minimum atomic E-state index is -4.56. The third-order valence-electron chi connectivity index (χ3n) is 12.3. The molecule has 1 amide bonds. The maximum absolute atomic E-state index is 12.9. The third-order valence-corrected chi connectivity index (χ3v) is 13.3. The van der Waals surface area contributed by atoms with Gasteiger partial charge in [-0.3, -0.25) is 9.36 Å². The molecule has 0 bridgehead atoms. The summed E-state index contributed by atoms with van der Waals surface area (Å²) < 4.78 is 23.4. The van der Waals surface area contributed by atoms with Gasteiger partial charge < -0.3 is 28.8 Å². The number of hydrogen-bond acceptors (Lipinski definition) is 6. The Balaban J connectivity index is 4.20. The zero-order valence-electron chi connectivity index (χ0n) is 40.9. The van der Waals surface area contributed by atoms with Crippen molar-refractivity contribution in [3.63, 3.8) is 0 Å². The van der Waals surface area contributed by atoms with Gasteiger partial charge in [0.15, 0.2) is 0 Å². The molecule has 0 spiro atoms. The fourth-order valence-corrected chi connectivity index (χ4v) is 8.88. The molecule has 0 heterocycles. The highest BCUT2D eigenvalue weighted by atomic mass is 31.2. The van der Waals surface area contributed by atoms with Gasteiger partial charge in [0.05, 0.1) is 39.9 Å². The number of nitrogens with zero attached hydrogens (tertiary/aromatic N) is 1. The van der Waals surface area contributed by atoms with Gasteiger partial charge in [-0.05, 0) is 12.8 Å². The fraction of sp³-hybridized carbons (Fsp3) is 0.980. The van der Waals surface area contributed by atoms with Crippen molar-refractivity contribution in [3.05, 3.63) is 0 Å². The molecule has 0 radical (unpaired) electrons. The van der Waals surface area contributed by atoms with Crippen molar-refractivity contribution in [3.8, 4) is 0 Å². The number of carbonyl (C=O) groups is 1. The van der Waals surface area contributed by atoms with E-state index in [2.05, 4.69) is 19.2 Å². The lowest BCUT2D eigenvalue weighted by Crippen LogP contribution is -2.46. The second-order valence-corrected chi connectivity index (χ2v) is 21.0. The molecule has 360 valence electrons. The molecular formula is C51H105N2O6P. The first-order valence-electron chi connectivity index (χ1n) is 26.4. The van der Waals surface area contributed by atoms with Crippen LogP contribution in [0.3, 0.4) is 0 Å². The number of phosphoric acid groups is 1. The first-order chi connectivity index (χ1) is 29.0.